The quantitative estimate of drug-likeness (QED) is 0.598. The van der Waals surface area contributed by atoms with E-state index < -0.39 is 0 Å². The third kappa shape index (κ3) is 0.917. The summed E-state index contributed by atoms with van der Waals surface area (Å²) < 4.78 is 5.43. The number of rotatable bonds is 0. The molecule has 0 amide bonds. The highest BCUT2D eigenvalue weighted by Crippen LogP contribution is 2.40. The van der Waals surface area contributed by atoms with Crippen LogP contribution in [0.4, 0.5) is 0 Å². The van der Waals surface area contributed by atoms with Crippen molar-refractivity contribution >= 4 is 15.9 Å². The smallest absolute Gasteiger partial charge is 0.0693 e. The van der Waals surface area contributed by atoms with E-state index in [0.29, 0.717) is 12.0 Å². The molecule has 1 N–H and O–H groups in total. The van der Waals surface area contributed by atoms with Crippen LogP contribution in [0.3, 0.4) is 0 Å². The van der Waals surface area contributed by atoms with Crippen LogP contribution in [-0.2, 0) is 4.74 Å². The van der Waals surface area contributed by atoms with Crippen LogP contribution in [0.15, 0.2) is 0 Å². The molecule has 1 aliphatic heterocycles. The number of halogens is 1. The number of alkyl halides is 1. The Labute approximate surface area is 68.7 Å². The molecule has 0 aromatic carbocycles. The minimum Gasteiger partial charge on any atom is -0.392 e. The highest BCUT2D eigenvalue weighted by molar-refractivity contribution is 9.09. The van der Waals surface area contributed by atoms with Gasteiger partial charge >= 0.3 is 0 Å². The van der Waals surface area contributed by atoms with Crippen molar-refractivity contribution in [3.8, 4) is 0 Å². The topological polar surface area (TPSA) is 29.5 Å². The molecule has 2 rings (SSSR count). The molecule has 58 valence electrons. The standard InChI is InChI=1S/C7H11BrO2/c8-7-4-1-2-10-6(4)3-5(7)9/h4-7,9H,1-3H2/t4-,5+,6-,7+/m1/s1. The van der Waals surface area contributed by atoms with Crippen LogP contribution in [0.5, 0.6) is 0 Å². The number of aliphatic hydroxyl groups is 1. The van der Waals surface area contributed by atoms with Gasteiger partial charge in [0.15, 0.2) is 0 Å². The van der Waals surface area contributed by atoms with Crippen molar-refractivity contribution < 1.29 is 9.84 Å². The summed E-state index contributed by atoms with van der Waals surface area (Å²) in [5.74, 6) is 0.565. The monoisotopic (exact) mass is 206 g/mol. The van der Waals surface area contributed by atoms with Crippen molar-refractivity contribution in [3.63, 3.8) is 0 Å². The zero-order valence-corrected chi connectivity index (χ0v) is 7.25. The summed E-state index contributed by atoms with van der Waals surface area (Å²) in [4.78, 5) is 0.278. The normalized spacial score (nSPS) is 53.4. The molecule has 1 heterocycles. The zero-order chi connectivity index (χ0) is 7.14. The first-order valence-electron chi connectivity index (χ1n) is 3.73. The van der Waals surface area contributed by atoms with Gasteiger partial charge in [-0.1, -0.05) is 15.9 Å². The van der Waals surface area contributed by atoms with Crippen LogP contribution in [0, 0.1) is 5.92 Å². The lowest BCUT2D eigenvalue weighted by atomic mass is 10.1. The average Bonchev–Trinajstić information content (AvgIpc) is 2.41. The van der Waals surface area contributed by atoms with Gasteiger partial charge in [0.1, 0.15) is 0 Å². The maximum atomic E-state index is 9.38. The predicted octanol–water partition coefficient (Wildman–Crippen LogP) is 0.920. The van der Waals surface area contributed by atoms with Gasteiger partial charge in [-0.05, 0) is 6.42 Å². The largest absolute Gasteiger partial charge is 0.392 e. The molecule has 1 saturated carbocycles. The van der Waals surface area contributed by atoms with Crippen molar-refractivity contribution in [1.82, 2.24) is 0 Å². The van der Waals surface area contributed by atoms with Gasteiger partial charge in [0.05, 0.1) is 12.2 Å². The Morgan fingerprint density at radius 1 is 1.50 bits per heavy atom. The van der Waals surface area contributed by atoms with Crippen LogP contribution in [0.2, 0.25) is 0 Å². The number of hydrogen-bond acceptors (Lipinski definition) is 2. The van der Waals surface area contributed by atoms with Crippen LogP contribution in [0.1, 0.15) is 12.8 Å². The van der Waals surface area contributed by atoms with Gasteiger partial charge in [0.2, 0.25) is 0 Å². The SMILES string of the molecule is O[C@H]1C[C@H]2OCC[C@H]2[C@@H]1Br. The van der Waals surface area contributed by atoms with Gasteiger partial charge < -0.3 is 9.84 Å². The Morgan fingerprint density at radius 3 is 3.00 bits per heavy atom. The molecule has 2 aliphatic rings. The molecule has 2 fully saturated rings. The van der Waals surface area contributed by atoms with Crippen molar-refractivity contribution in [2.45, 2.75) is 29.9 Å². The molecular weight excluding hydrogens is 196 g/mol. The van der Waals surface area contributed by atoms with E-state index in [2.05, 4.69) is 15.9 Å². The minimum absolute atomic E-state index is 0.185. The lowest BCUT2D eigenvalue weighted by molar-refractivity contribution is 0.0825. The van der Waals surface area contributed by atoms with E-state index in [-0.39, 0.29) is 10.9 Å². The Hall–Kier alpha value is 0.400. The molecule has 2 nitrogen and oxygen atoms in total. The molecule has 0 bridgehead atoms. The predicted molar refractivity (Wildman–Crippen MR) is 41.2 cm³/mol. The maximum absolute atomic E-state index is 9.38. The lowest BCUT2D eigenvalue weighted by Gasteiger charge is -2.10. The number of aliphatic hydroxyl groups excluding tert-OH is 1. The summed E-state index contributed by atoms with van der Waals surface area (Å²) in [7, 11) is 0. The summed E-state index contributed by atoms with van der Waals surface area (Å²) >= 11 is 3.48. The number of ether oxygens (including phenoxy) is 1. The van der Waals surface area contributed by atoms with Crippen molar-refractivity contribution in [3.05, 3.63) is 0 Å². The third-order valence-corrected chi connectivity index (χ3v) is 3.80. The van der Waals surface area contributed by atoms with E-state index in [1.165, 1.54) is 0 Å². The van der Waals surface area contributed by atoms with Crippen molar-refractivity contribution in [2.24, 2.45) is 5.92 Å². The van der Waals surface area contributed by atoms with E-state index in [1.54, 1.807) is 0 Å². The molecule has 1 aliphatic carbocycles. The highest BCUT2D eigenvalue weighted by Gasteiger charge is 2.44. The molecule has 10 heavy (non-hydrogen) atoms. The van der Waals surface area contributed by atoms with Gasteiger partial charge in [-0.25, -0.2) is 0 Å². The van der Waals surface area contributed by atoms with E-state index in [0.717, 1.165) is 19.4 Å². The van der Waals surface area contributed by atoms with E-state index in [9.17, 15) is 5.11 Å². The summed E-state index contributed by atoms with van der Waals surface area (Å²) in [5.41, 5.74) is 0. The zero-order valence-electron chi connectivity index (χ0n) is 5.66. The third-order valence-electron chi connectivity index (χ3n) is 2.51. The summed E-state index contributed by atoms with van der Waals surface area (Å²) in [6.45, 7) is 0.879. The Bertz CT molecular complexity index is 138. The van der Waals surface area contributed by atoms with Gasteiger partial charge in [-0.3, -0.25) is 0 Å². The fourth-order valence-corrected chi connectivity index (χ4v) is 2.75. The number of fused-ring (bicyclic) bond motifs is 1. The van der Waals surface area contributed by atoms with Crippen molar-refractivity contribution in [2.75, 3.05) is 6.61 Å². The van der Waals surface area contributed by atoms with Gasteiger partial charge in [0.25, 0.3) is 0 Å². The molecule has 0 unspecified atom stereocenters. The molecule has 0 aromatic heterocycles. The maximum Gasteiger partial charge on any atom is 0.0693 e. The molecule has 1 saturated heterocycles. The van der Waals surface area contributed by atoms with E-state index >= 15 is 0 Å². The molecule has 0 aromatic rings. The van der Waals surface area contributed by atoms with Crippen LogP contribution < -0.4 is 0 Å². The molecular formula is C7H11BrO2. The second kappa shape index (κ2) is 2.47. The Balaban J connectivity index is 2.09. The summed E-state index contributed by atoms with van der Waals surface area (Å²) in [6, 6.07) is 0. The van der Waals surface area contributed by atoms with Gasteiger partial charge in [-0.15, -0.1) is 0 Å². The Kier molecular flexibility index (Phi) is 1.74. The lowest BCUT2D eigenvalue weighted by Crippen LogP contribution is -2.18. The van der Waals surface area contributed by atoms with Crippen molar-refractivity contribution in [1.29, 1.82) is 0 Å². The van der Waals surface area contributed by atoms with E-state index in [4.69, 9.17) is 4.74 Å². The Morgan fingerprint density at radius 2 is 2.30 bits per heavy atom. The molecule has 0 radical (unpaired) electrons. The first kappa shape index (κ1) is 7.07. The summed E-state index contributed by atoms with van der Waals surface area (Å²) in [5, 5.41) is 9.38. The van der Waals surface area contributed by atoms with E-state index in [1.807, 2.05) is 0 Å². The van der Waals surface area contributed by atoms with Gasteiger partial charge in [0, 0.05) is 23.8 Å². The molecule has 4 atom stereocenters. The second-order valence-corrected chi connectivity index (χ2v) is 4.17. The molecule has 3 heteroatoms. The fraction of sp³-hybridized carbons (Fsp3) is 1.00. The highest BCUT2D eigenvalue weighted by atomic mass is 79.9. The first-order valence-corrected chi connectivity index (χ1v) is 4.64. The summed E-state index contributed by atoms with van der Waals surface area (Å²) in [6.07, 6.45) is 2.08. The first-order chi connectivity index (χ1) is 4.79. The van der Waals surface area contributed by atoms with Crippen LogP contribution >= 0.6 is 15.9 Å². The van der Waals surface area contributed by atoms with Crippen LogP contribution in [-0.4, -0.2) is 28.7 Å². The number of hydrogen-bond donors (Lipinski definition) is 1. The average molecular weight is 207 g/mol. The fourth-order valence-electron chi connectivity index (χ4n) is 1.93. The van der Waals surface area contributed by atoms with Crippen LogP contribution in [0.25, 0.3) is 0 Å². The minimum atomic E-state index is -0.185. The second-order valence-electron chi connectivity index (χ2n) is 3.11. The van der Waals surface area contributed by atoms with Gasteiger partial charge in [-0.2, -0.15) is 0 Å². The molecule has 0 spiro atoms.